The molecule has 2 amide bonds. The molecule has 2 aromatic rings. The van der Waals surface area contributed by atoms with Crippen molar-refractivity contribution in [1.82, 2.24) is 15.1 Å². The van der Waals surface area contributed by atoms with Crippen LogP contribution in [0.1, 0.15) is 21.6 Å². The number of aromatic nitrogens is 2. The normalized spacial score (nSPS) is 12.7. The number of hydrogen-bond donors (Lipinski definition) is 2. The molecular weight excluding hydrogens is 378 g/mol. The van der Waals surface area contributed by atoms with Gasteiger partial charge in [-0.25, -0.2) is 13.5 Å². The Morgan fingerprint density at radius 1 is 1.30 bits per heavy atom. The van der Waals surface area contributed by atoms with E-state index < -0.39 is 17.5 Å². The van der Waals surface area contributed by atoms with Crippen LogP contribution in [0.5, 0.6) is 0 Å². The number of nitrogens with one attached hydrogen (secondary N) is 2. The van der Waals surface area contributed by atoms with Crippen molar-refractivity contribution in [3.05, 3.63) is 46.7 Å². The molecule has 0 spiro atoms. The quantitative estimate of drug-likeness (QED) is 0.699. The van der Waals surface area contributed by atoms with Gasteiger partial charge in [0.1, 0.15) is 12.4 Å². The van der Waals surface area contributed by atoms with Crippen LogP contribution in [0.4, 0.5) is 14.6 Å². The van der Waals surface area contributed by atoms with Crippen molar-refractivity contribution < 1.29 is 23.1 Å². The highest BCUT2D eigenvalue weighted by atomic mass is 32.2. The van der Waals surface area contributed by atoms with Crippen LogP contribution in [0.25, 0.3) is 0 Å². The molecule has 27 heavy (non-hydrogen) atoms. The summed E-state index contributed by atoms with van der Waals surface area (Å²) in [6, 6.07) is 2.92. The first-order chi connectivity index (χ1) is 13.0. The Morgan fingerprint density at radius 3 is 2.85 bits per heavy atom. The summed E-state index contributed by atoms with van der Waals surface area (Å²) in [4.78, 5) is 24.5. The topological polar surface area (TPSA) is 85.2 Å². The molecule has 0 radical (unpaired) electrons. The van der Waals surface area contributed by atoms with E-state index in [0.717, 1.165) is 23.4 Å². The molecule has 0 unspecified atom stereocenters. The number of carbonyl (C=O) groups excluding carboxylic acids is 2. The number of halogens is 2. The summed E-state index contributed by atoms with van der Waals surface area (Å²) in [6.45, 7) is 0.676. The summed E-state index contributed by atoms with van der Waals surface area (Å²) in [6.07, 6.45) is 0. The van der Waals surface area contributed by atoms with Crippen LogP contribution in [0.3, 0.4) is 0 Å². The van der Waals surface area contributed by atoms with Crippen LogP contribution in [0, 0.1) is 11.6 Å². The molecule has 1 aliphatic rings. The van der Waals surface area contributed by atoms with E-state index >= 15 is 0 Å². The van der Waals surface area contributed by atoms with Crippen LogP contribution >= 0.6 is 11.8 Å². The highest BCUT2D eigenvalue weighted by Gasteiger charge is 2.25. The molecule has 0 atom stereocenters. The first kappa shape index (κ1) is 19.3. The highest BCUT2D eigenvalue weighted by Crippen LogP contribution is 2.34. The van der Waals surface area contributed by atoms with Crippen LogP contribution in [-0.2, 0) is 27.6 Å². The molecule has 0 fully saturated rings. The lowest BCUT2D eigenvalue weighted by molar-refractivity contribution is -0.122. The Bertz CT molecular complexity index is 872. The van der Waals surface area contributed by atoms with Gasteiger partial charge in [0.25, 0.3) is 5.91 Å². The van der Waals surface area contributed by atoms with Gasteiger partial charge in [-0.2, -0.15) is 16.9 Å². The standard InChI is InChI=1S/C17H18F2N4O3S/c1-26-5-4-20-15(24)7-23-16(11-8-27-9-14(11)22-23)21-17(25)10-2-3-12(18)13(19)6-10/h2-3,6H,4-5,7-9H2,1H3,(H,20,24)(H,21,25). The van der Waals surface area contributed by atoms with Gasteiger partial charge in [-0.1, -0.05) is 0 Å². The van der Waals surface area contributed by atoms with E-state index in [1.807, 2.05) is 0 Å². The summed E-state index contributed by atoms with van der Waals surface area (Å²) in [5.74, 6) is -1.28. The molecule has 2 heterocycles. The molecule has 0 saturated carbocycles. The molecule has 10 heteroatoms. The van der Waals surface area contributed by atoms with Crippen molar-refractivity contribution in [2.45, 2.75) is 18.1 Å². The summed E-state index contributed by atoms with van der Waals surface area (Å²) in [7, 11) is 1.54. The highest BCUT2D eigenvalue weighted by molar-refractivity contribution is 7.98. The second-order valence-corrected chi connectivity index (χ2v) is 6.84. The fraction of sp³-hybridized carbons (Fsp3) is 0.353. The number of thioether (sulfide) groups is 1. The van der Waals surface area contributed by atoms with E-state index in [1.54, 1.807) is 11.8 Å². The third-order valence-corrected chi connectivity index (χ3v) is 4.92. The lowest BCUT2D eigenvalue weighted by atomic mass is 10.2. The number of ether oxygens (including phenoxy) is 1. The van der Waals surface area contributed by atoms with Gasteiger partial charge in [-0.3, -0.25) is 9.59 Å². The number of anilines is 1. The second-order valence-electron chi connectivity index (χ2n) is 5.85. The van der Waals surface area contributed by atoms with E-state index in [2.05, 4.69) is 15.7 Å². The predicted molar refractivity (Wildman–Crippen MR) is 96.4 cm³/mol. The fourth-order valence-electron chi connectivity index (χ4n) is 2.62. The van der Waals surface area contributed by atoms with Crippen LogP contribution < -0.4 is 10.6 Å². The fourth-order valence-corrected chi connectivity index (χ4v) is 3.66. The third-order valence-electron chi connectivity index (χ3n) is 3.95. The third kappa shape index (κ3) is 4.45. The number of benzene rings is 1. The summed E-state index contributed by atoms with van der Waals surface area (Å²) < 4.78 is 32.8. The Balaban J connectivity index is 1.78. The number of nitrogens with zero attached hydrogens (tertiary/aromatic N) is 2. The number of fused-ring (bicyclic) bond motifs is 1. The van der Waals surface area contributed by atoms with Crippen molar-refractivity contribution in [3.63, 3.8) is 0 Å². The first-order valence-corrected chi connectivity index (χ1v) is 9.33. The average molecular weight is 396 g/mol. The van der Waals surface area contributed by atoms with Gasteiger partial charge in [0.15, 0.2) is 11.6 Å². The number of amides is 2. The molecule has 0 saturated heterocycles. The van der Waals surface area contributed by atoms with E-state index in [1.165, 1.54) is 17.9 Å². The zero-order chi connectivity index (χ0) is 19.4. The minimum atomic E-state index is -1.10. The van der Waals surface area contributed by atoms with Gasteiger partial charge < -0.3 is 15.4 Å². The average Bonchev–Trinajstić information content (AvgIpc) is 3.20. The zero-order valence-electron chi connectivity index (χ0n) is 14.6. The largest absolute Gasteiger partial charge is 0.383 e. The van der Waals surface area contributed by atoms with Gasteiger partial charge in [-0.05, 0) is 18.2 Å². The number of carbonyl (C=O) groups is 2. The van der Waals surface area contributed by atoms with Gasteiger partial charge in [0.05, 0.1) is 12.3 Å². The Morgan fingerprint density at radius 2 is 2.11 bits per heavy atom. The van der Waals surface area contributed by atoms with Crippen LogP contribution in [-0.4, -0.2) is 41.9 Å². The van der Waals surface area contributed by atoms with E-state index in [0.29, 0.717) is 30.5 Å². The molecule has 1 aromatic heterocycles. The molecule has 0 aliphatic carbocycles. The minimum Gasteiger partial charge on any atom is -0.383 e. The molecule has 2 N–H and O–H groups in total. The molecule has 0 bridgehead atoms. The van der Waals surface area contributed by atoms with E-state index in [9.17, 15) is 18.4 Å². The van der Waals surface area contributed by atoms with Crippen molar-refractivity contribution in [1.29, 1.82) is 0 Å². The van der Waals surface area contributed by atoms with Crippen molar-refractivity contribution >= 4 is 29.4 Å². The SMILES string of the molecule is COCCNC(=O)Cn1nc2c(c1NC(=O)c1ccc(F)c(F)c1)CSC2. The minimum absolute atomic E-state index is 0.0226. The van der Waals surface area contributed by atoms with Gasteiger partial charge in [0, 0.05) is 36.3 Å². The number of rotatable bonds is 7. The van der Waals surface area contributed by atoms with Gasteiger partial charge in [-0.15, -0.1) is 0 Å². The van der Waals surface area contributed by atoms with Gasteiger partial charge in [0.2, 0.25) is 5.91 Å². The second kappa shape index (κ2) is 8.49. The van der Waals surface area contributed by atoms with Crippen LogP contribution in [0.15, 0.2) is 18.2 Å². The molecule has 1 aromatic carbocycles. The van der Waals surface area contributed by atoms with Gasteiger partial charge >= 0.3 is 0 Å². The molecule has 144 valence electrons. The maximum Gasteiger partial charge on any atom is 0.256 e. The van der Waals surface area contributed by atoms with E-state index in [-0.39, 0.29) is 18.0 Å². The zero-order valence-corrected chi connectivity index (χ0v) is 15.4. The smallest absolute Gasteiger partial charge is 0.256 e. The van der Waals surface area contributed by atoms with Crippen molar-refractivity contribution in [2.24, 2.45) is 0 Å². The van der Waals surface area contributed by atoms with Crippen molar-refractivity contribution in [3.8, 4) is 0 Å². The number of methoxy groups -OCH3 is 1. The Labute approximate surface area is 158 Å². The molecule has 7 nitrogen and oxygen atoms in total. The molecule has 3 rings (SSSR count). The van der Waals surface area contributed by atoms with Crippen molar-refractivity contribution in [2.75, 3.05) is 25.6 Å². The lowest BCUT2D eigenvalue weighted by Gasteiger charge is -2.11. The molecule has 1 aliphatic heterocycles. The molecular formula is C17H18F2N4O3S. The predicted octanol–water partition coefficient (Wildman–Crippen LogP) is 1.92. The monoisotopic (exact) mass is 396 g/mol. The summed E-state index contributed by atoms with van der Waals surface area (Å²) >= 11 is 1.64. The Hall–Kier alpha value is -2.46. The lowest BCUT2D eigenvalue weighted by Crippen LogP contribution is -2.31. The maximum absolute atomic E-state index is 13.4. The van der Waals surface area contributed by atoms with E-state index in [4.69, 9.17) is 4.74 Å². The summed E-state index contributed by atoms with van der Waals surface area (Å²) in [5, 5.41) is 9.76. The van der Waals surface area contributed by atoms with Crippen LogP contribution in [0.2, 0.25) is 0 Å². The number of hydrogen-bond acceptors (Lipinski definition) is 5. The summed E-state index contributed by atoms with van der Waals surface area (Å²) in [5.41, 5.74) is 1.61. The Kier molecular flexibility index (Phi) is 6.07. The maximum atomic E-state index is 13.4. The first-order valence-electron chi connectivity index (χ1n) is 8.18.